The zero-order chi connectivity index (χ0) is 30.4. The van der Waals surface area contributed by atoms with Gasteiger partial charge in [0.15, 0.2) is 12.4 Å². The number of hydrogen-bond acceptors (Lipinski definition) is 8. The topological polar surface area (TPSA) is 117 Å². The lowest BCUT2D eigenvalue weighted by molar-refractivity contribution is -0.144. The van der Waals surface area contributed by atoms with Crippen molar-refractivity contribution in [2.24, 2.45) is 0 Å². The van der Waals surface area contributed by atoms with E-state index in [1.165, 1.54) is 12.1 Å². The molecule has 0 saturated carbocycles. The number of ketones is 1. The van der Waals surface area contributed by atoms with Crippen molar-refractivity contribution in [2.75, 3.05) is 6.61 Å². The molecule has 0 aliphatic rings. The van der Waals surface area contributed by atoms with E-state index in [1.54, 1.807) is 48.5 Å². The zero-order valence-corrected chi connectivity index (χ0v) is 24.5. The third-order valence-electron chi connectivity index (χ3n) is 6.06. The summed E-state index contributed by atoms with van der Waals surface area (Å²) in [5, 5.41) is 2.53. The molecule has 0 saturated heterocycles. The third-order valence-corrected chi connectivity index (χ3v) is 6.59. The second-order valence-corrected chi connectivity index (χ2v) is 10.2. The number of alkyl carbamates (subject to hydrolysis) is 1. The molecule has 1 N–H and O–H groups in total. The van der Waals surface area contributed by atoms with Crippen LogP contribution in [0.15, 0.2) is 114 Å². The normalized spacial score (nSPS) is 11.1. The maximum Gasteiger partial charge on any atom is 0.514 e. The zero-order valence-electron chi connectivity index (χ0n) is 22.9. The van der Waals surface area contributed by atoms with E-state index in [4.69, 9.17) is 18.9 Å². The molecule has 0 heterocycles. The van der Waals surface area contributed by atoms with E-state index in [9.17, 15) is 19.2 Å². The van der Waals surface area contributed by atoms with Gasteiger partial charge in [0.2, 0.25) is 0 Å². The molecule has 0 fully saturated rings. The first kappa shape index (κ1) is 31.0. The van der Waals surface area contributed by atoms with E-state index < -0.39 is 36.6 Å². The minimum absolute atomic E-state index is 0.00288. The molecule has 0 radical (unpaired) electrons. The molecule has 0 aliphatic heterocycles. The van der Waals surface area contributed by atoms with Crippen molar-refractivity contribution >= 4 is 39.9 Å². The Balaban J connectivity index is 1.35. The van der Waals surface area contributed by atoms with Crippen LogP contribution in [0.5, 0.6) is 5.75 Å². The number of halogens is 1. The number of rotatable bonds is 12. The van der Waals surface area contributed by atoms with Crippen molar-refractivity contribution in [3.8, 4) is 5.75 Å². The maximum atomic E-state index is 13.0. The van der Waals surface area contributed by atoms with Gasteiger partial charge in [0.25, 0.3) is 0 Å². The minimum atomic E-state index is -1.16. The summed E-state index contributed by atoms with van der Waals surface area (Å²) >= 11 is 3.31. The monoisotopic (exact) mass is 645 g/mol. The van der Waals surface area contributed by atoms with Crippen molar-refractivity contribution in [3.63, 3.8) is 0 Å². The molecular formula is C33H28BrNO8. The highest BCUT2D eigenvalue weighted by Crippen LogP contribution is 2.16. The lowest BCUT2D eigenvalue weighted by atomic mass is 10.1. The number of amides is 1. The first-order chi connectivity index (χ1) is 20.9. The molecule has 4 aromatic rings. The number of carbonyl (C=O) groups excluding carboxylic acids is 4. The van der Waals surface area contributed by atoms with Crippen LogP contribution < -0.4 is 10.1 Å². The summed E-state index contributed by atoms with van der Waals surface area (Å²) in [5.41, 5.74) is 2.59. The molecule has 0 aromatic heterocycles. The average molecular weight is 646 g/mol. The number of carbonyl (C=O) groups is 4. The lowest BCUT2D eigenvalue weighted by Gasteiger charge is -2.18. The van der Waals surface area contributed by atoms with E-state index >= 15 is 0 Å². The van der Waals surface area contributed by atoms with Gasteiger partial charge in [-0.25, -0.2) is 14.4 Å². The van der Waals surface area contributed by atoms with Crippen molar-refractivity contribution in [2.45, 2.75) is 25.7 Å². The molecule has 10 heteroatoms. The van der Waals surface area contributed by atoms with Crippen molar-refractivity contribution in [1.29, 1.82) is 0 Å². The lowest BCUT2D eigenvalue weighted by Crippen LogP contribution is -2.44. The van der Waals surface area contributed by atoms with Crippen LogP contribution in [0, 0.1) is 0 Å². The first-order valence-corrected chi connectivity index (χ1v) is 14.0. The number of hydrogen-bond donors (Lipinski definition) is 1. The van der Waals surface area contributed by atoms with Gasteiger partial charge in [-0.15, -0.1) is 0 Å². The SMILES string of the molecule is O=C(N[C@H](Cc1ccc(OC(=O)OCc2ccccc2)cc1)C(=O)OCC(=O)c1ccc(Br)cc1)OCc1ccccc1. The van der Waals surface area contributed by atoms with Gasteiger partial charge in [0.1, 0.15) is 25.0 Å². The van der Waals surface area contributed by atoms with Crippen LogP contribution in [0.1, 0.15) is 27.0 Å². The average Bonchev–Trinajstić information content (AvgIpc) is 3.03. The number of benzene rings is 4. The smallest absolute Gasteiger partial charge is 0.456 e. The number of Topliss-reactive ketones (excluding diaryl/α,β-unsaturated/α-hetero) is 1. The Morgan fingerprint density at radius 1 is 0.651 bits per heavy atom. The Labute approximate surface area is 256 Å². The standard InChI is InChI=1S/C33H28BrNO8/c34-27-15-13-26(14-16-27)30(36)22-40-31(37)29(35-32(38)41-20-24-7-3-1-4-8-24)19-23-11-17-28(18-12-23)43-33(39)42-21-25-9-5-2-6-10-25/h1-18,29H,19-22H2,(H,35,38)/t29-/m1/s1. The number of nitrogens with one attached hydrogen (secondary N) is 1. The summed E-state index contributed by atoms with van der Waals surface area (Å²) in [6, 6.07) is 30.1. The molecule has 43 heavy (non-hydrogen) atoms. The fourth-order valence-corrected chi connectivity index (χ4v) is 4.09. The molecule has 0 bridgehead atoms. The van der Waals surface area contributed by atoms with Gasteiger partial charge < -0.3 is 24.3 Å². The van der Waals surface area contributed by atoms with Gasteiger partial charge in [0.05, 0.1) is 0 Å². The van der Waals surface area contributed by atoms with Crippen molar-refractivity contribution in [3.05, 3.63) is 136 Å². The van der Waals surface area contributed by atoms with E-state index in [1.807, 2.05) is 48.5 Å². The van der Waals surface area contributed by atoms with Crippen LogP contribution in [-0.4, -0.2) is 36.6 Å². The molecule has 220 valence electrons. The highest BCUT2D eigenvalue weighted by Gasteiger charge is 2.25. The fourth-order valence-electron chi connectivity index (χ4n) is 3.83. The van der Waals surface area contributed by atoms with E-state index in [2.05, 4.69) is 21.2 Å². The van der Waals surface area contributed by atoms with Crippen LogP contribution in [-0.2, 0) is 38.6 Å². The summed E-state index contributed by atoms with van der Waals surface area (Å²) in [4.78, 5) is 50.2. The third kappa shape index (κ3) is 10.4. The van der Waals surface area contributed by atoms with Crippen molar-refractivity contribution in [1.82, 2.24) is 5.32 Å². The quantitative estimate of drug-likeness (QED) is 0.0811. The molecule has 9 nitrogen and oxygen atoms in total. The summed E-state index contributed by atoms with van der Waals surface area (Å²) in [6.45, 7) is -0.434. The van der Waals surface area contributed by atoms with Gasteiger partial charge in [-0.3, -0.25) is 4.79 Å². The second kappa shape index (κ2) is 15.9. The summed E-state index contributed by atoms with van der Waals surface area (Å²) in [5.74, 6) is -0.977. The van der Waals surface area contributed by atoms with E-state index in [0.717, 1.165) is 15.6 Å². The number of esters is 1. The Kier molecular flexibility index (Phi) is 11.4. The van der Waals surface area contributed by atoms with Gasteiger partial charge in [-0.05, 0) is 41.0 Å². The molecule has 4 aromatic carbocycles. The van der Waals surface area contributed by atoms with Crippen LogP contribution in [0.25, 0.3) is 0 Å². The van der Waals surface area contributed by atoms with Crippen LogP contribution in [0.4, 0.5) is 9.59 Å². The van der Waals surface area contributed by atoms with E-state index in [-0.39, 0.29) is 25.4 Å². The van der Waals surface area contributed by atoms with Crippen molar-refractivity contribution < 1.29 is 38.1 Å². The molecular weight excluding hydrogens is 618 g/mol. The Morgan fingerprint density at radius 3 is 1.84 bits per heavy atom. The van der Waals surface area contributed by atoms with E-state index in [0.29, 0.717) is 11.1 Å². The first-order valence-electron chi connectivity index (χ1n) is 13.3. The van der Waals surface area contributed by atoms with Crippen LogP contribution in [0.2, 0.25) is 0 Å². The molecule has 1 amide bonds. The van der Waals surface area contributed by atoms with Crippen LogP contribution >= 0.6 is 15.9 Å². The highest BCUT2D eigenvalue weighted by atomic mass is 79.9. The van der Waals surface area contributed by atoms with Gasteiger partial charge in [0, 0.05) is 16.5 Å². The Morgan fingerprint density at radius 2 is 1.23 bits per heavy atom. The summed E-state index contributed by atoms with van der Waals surface area (Å²) in [6.07, 6.45) is -1.67. The van der Waals surface area contributed by atoms with Gasteiger partial charge >= 0.3 is 18.2 Å². The predicted octanol–water partition coefficient (Wildman–Crippen LogP) is 6.43. The largest absolute Gasteiger partial charge is 0.514 e. The molecule has 0 spiro atoms. The molecule has 4 rings (SSSR count). The highest BCUT2D eigenvalue weighted by molar-refractivity contribution is 9.10. The fraction of sp³-hybridized carbons (Fsp3) is 0.152. The molecule has 0 unspecified atom stereocenters. The second-order valence-electron chi connectivity index (χ2n) is 9.27. The Hall–Kier alpha value is -4.96. The molecule has 0 aliphatic carbocycles. The summed E-state index contributed by atoms with van der Waals surface area (Å²) < 4.78 is 21.7. The predicted molar refractivity (Wildman–Crippen MR) is 160 cm³/mol. The van der Waals surface area contributed by atoms with Gasteiger partial charge in [-0.2, -0.15) is 0 Å². The molecule has 1 atom stereocenters. The summed E-state index contributed by atoms with van der Waals surface area (Å²) in [7, 11) is 0. The maximum absolute atomic E-state index is 13.0. The van der Waals surface area contributed by atoms with Gasteiger partial charge in [-0.1, -0.05) is 101 Å². The minimum Gasteiger partial charge on any atom is -0.456 e. The van der Waals surface area contributed by atoms with Crippen LogP contribution in [0.3, 0.4) is 0 Å². The number of ether oxygens (including phenoxy) is 4. The Bertz CT molecular complexity index is 1510.